The first-order valence-corrected chi connectivity index (χ1v) is 16.4. The van der Waals surface area contributed by atoms with E-state index in [9.17, 15) is 0 Å². The Morgan fingerprint density at radius 3 is 2.00 bits per heavy atom. The van der Waals surface area contributed by atoms with Crippen molar-refractivity contribution >= 4 is 33.2 Å². The first kappa shape index (κ1) is 27.6. The molecule has 9 rings (SSSR count). The smallest absolute Gasteiger partial charge is 0.147 e. The van der Waals surface area contributed by atoms with Crippen molar-refractivity contribution in [1.29, 1.82) is 0 Å². The Kier molecular flexibility index (Phi) is 6.13. The topological polar surface area (TPSA) is 20.5 Å². The maximum Gasteiger partial charge on any atom is 0.147 e. The van der Waals surface area contributed by atoms with E-state index < -0.39 is 0 Å². The molecule has 2 aliphatic rings. The van der Waals surface area contributed by atoms with E-state index in [1.807, 2.05) is 0 Å². The van der Waals surface area contributed by atoms with Crippen molar-refractivity contribution in [3.8, 4) is 16.8 Å². The quantitative estimate of drug-likeness (QED) is 0.195. The number of fused-ring (bicyclic) bond motifs is 6. The highest BCUT2D eigenvalue weighted by molar-refractivity contribution is 6.13. The second-order valence-corrected chi connectivity index (χ2v) is 13.3. The normalized spacial score (nSPS) is 16.6. The average molecular weight is 606 g/mol. The summed E-state index contributed by atoms with van der Waals surface area (Å²) in [5, 5.41) is 2.57. The highest BCUT2D eigenvalue weighted by atomic mass is 15.2. The third kappa shape index (κ3) is 4.23. The summed E-state index contributed by atoms with van der Waals surface area (Å²) in [6.45, 7) is 4.71. The fraction of sp³-hybridized carbons (Fsp3) is 0.114. The summed E-state index contributed by atoms with van der Waals surface area (Å²) in [6, 6.07) is 52.7. The molecule has 0 spiro atoms. The van der Waals surface area contributed by atoms with Crippen molar-refractivity contribution in [1.82, 2.24) is 9.47 Å². The van der Waals surface area contributed by atoms with Crippen molar-refractivity contribution in [3.05, 3.63) is 179 Å². The maximum atomic E-state index is 5.31. The van der Waals surface area contributed by atoms with Crippen LogP contribution in [0, 0.1) is 0 Å². The monoisotopic (exact) mass is 605 g/mol. The molecule has 47 heavy (non-hydrogen) atoms. The number of aliphatic imine (C=N–C) groups is 1. The van der Waals surface area contributed by atoms with Gasteiger partial charge in [0, 0.05) is 34.6 Å². The van der Waals surface area contributed by atoms with Crippen molar-refractivity contribution < 1.29 is 0 Å². The number of benzene rings is 6. The molecule has 1 aromatic heterocycles. The fourth-order valence-electron chi connectivity index (χ4n) is 7.82. The molecule has 1 aliphatic heterocycles. The van der Waals surface area contributed by atoms with Gasteiger partial charge in [-0.2, -0.15) is 0 Å². The van der Waals surface area contributed by atoms with Gasteiger partial charge in [0.25, 0.3) is 0 Å². The molecule has 0 N–H and O–H groups in total. The molecule has 0 bridgehead atoms. The summed E-state index contributed by atoms with van der Waals surface area (Å²) >= 11 is 0. The van der Waals surface area contributed by atoms with E-state index in [0.717, 1.165) is 28.2 Å². The van der Waals surface area contributed by atoms with Gasteiger partial charge in [0.15, 0.2) is 0 Å². The lowest BCUT2D eigenvalue weighted by atomic mass is 9.82. The van der Waals surface area contributed by atoms with Crippen molar-refractivity contribution in [2.45, 2.75) is 25.4 Å². The second kappa shape index (κ2) is 10.4. The number of hydrogen-bond acceptors (Lipinski definition) is 2. The molecule has 6 aromatic carbocycles. The number of para-hydroxylation sites is 1. The zero-order valence-corrected chi connectivity index (χ0v) is 26.9. The van der Waals surface area contributed by atoms with Crippen LogP contribution in [-0.2, 0) is 5.41 Å². The van der Waals surface area contributed by atoms with Gasteiger partial charge in [-0.15, -0.1) is 0 Å². The SMILES string of the molecule is CN1C(c2ccccc2)=CC(c2ccccc2)=NC1c1ccc(-n2c3ccccc3c3cc4c(cc32)C(C)(C)c2ccccc2-4)cc1. The van der Waals surface area contributed by atoms with Crippen LogP contribution in [0.15, 0.2) is 157 Å². The Hall–Kier alpha value is -5.67. The van der Waals surface area contributed by atoms with Crippen LogP contribution in [-0.4, -0.2) is 22.2 Å². The number of aromatic nitrogens is 1. The minimum atomic E-state index is -0.153. The minimum Gasteiger partial charge on any atom is -0.349 e. The molecule has 3 heteroatoms. The van der Waals surface area contributed by atoms with Crippen molar-refractivity contribution in [2.24, 2.45) is 4.99 Å². The molecule has 0 saturated heterocycles. The van der Waals surface area contributed by atoms with E-state index in [4.69, 9.17) is 4.99 Å². The molecule has 3 nitrogen and oxygen atoms in total. The number of rotatable bonds is 4. The molecule has 1 aliphatic carbocycles. The zero-order valence-electron chi connectivity index (χ0n) is 26.9. The Balaban J connectivity index is 1.17. The van der Waals surface area contributed by atoms with Crippen molar-refractivity contribution in [2.75, 3.05) is 7.05 Å². The van der Waals surface area contributed by atoms with E-state index in [-0.39, 0.29) is 11.6 Å². The Morgan fingerprint density at radius 1 is 0.574 bits per heavy atom. The number of hydrogen-bond donors (Lipinski definition) is 0. The second-order valence-electron chi connectivity index (χ2n) is 13.3. The van der Waals surface area contributed by atoms with Crippen LogP contribution < -0.4 is 0 Å². The molecular weight excluding hydrogens is 571 g/mol. The lowest BCUT2D eigenvalue weighted by Crippen LogP contribution is -2.27. The van der Waals surface area contributed by atoms with Gasteiger partial charge in [0.1, 0.15) is 6.17 Å². The van der Waals surface area contributed by atoms with Crippen LogP contribution in [0.3, 0.4) is 0 Å². The molecule has 0 saturated carbocycles. The highest BCUT2D eigenvalue weighted by Crippen LogP contribution is 2.51. The molecule has 1 unspecified atom stereocenters. The fourth-order valence-corrected chi connectivity index (χ4v) is 7.82. The third-order valence-corrected chi connectivity index (χ3v) is 10.2. The minimum absolute atomic E-state index is 0.0602. The summed E-state index contributed by atoms with van der Waals surface area (Å²) in [5.74, 6) is 0. The molecule has 0 amide bonds. The molecule has 0 radical (unpaired) electrons. The molecule has 7 aromatic rings. The van der Waals surface area contributed by atoms with E-state index in [2.05, 4.69) is 182 Å². The van der Waals surface area contributed by atoms with Crippen LogP contribution in [0.1, 0.15) is 47.8 Å². The van der Waals surface area contributed by atoms with Gasteiger partial charge in [-0.25, -0.2) is 0 Å². The Morgan fingerprint density at radius 2 is 1.23 bits per heavy atom. The lowest BCUT2D eigenvalue weighted by Gasteiger charge is -2.34. The summed E-state index contributed by atoms with van der Waals surface area (Å²) < 4.78 is 2.44. The van der Waals surface area contributed by atoms with Crippen LogP contribution in [0.5, 0.6) is 0 Å². The van der Waals surface area contributed by atoms with E-state index in [1.54, 1.807) is 0 Å². The van der Waals surface area contributed by atoms with Gasteiger partial charge in [0.05, 0.1) is 16.7 Å². The van der Waals surface area contributed by atoms with Gasteiger partial charge in [-0.3, -0.25) is 4.99 Å². The van der Waals surface area contributed by atoms with Crippen molar-refractivity contribution in [3.63, 3.8) is 0 Å². The van der Waals surface area contributed by atoms with E-state index in [1.165, 1.54) is 49.6 Å². The molecular formula is C44H35N3. The Labute approximate surface area is 275 Å². The van der Waals surface area contributed by atoms with Gasteiger partial charge < -0.3 is 9.47 Å². The first-order valence-electron chi connectivity index (χ1n) is 16.4. The third-order valence-electron chi connectivity index (χ3n) is 10.2. The van der Waals surface area contributed by atoms with Crippen LogP contribution in [0.25, 0.3) is 44.3 Å². The van der Waals surface area contributed by atoms with Crippen LogP contribution in [0.2, 0.25) is 0 Å². The predicted octanol–water partition coefficient (Wildman–Crippen LogP) is 10.6. The van der Waals surface area contributed by atoms with E-state index >= 15 is 0 Å². The maximum absolute atomic E-state index is 5.31. The summed E-state index contributed by atoms with van der Waals surface area (Å²) in [7, 11) is 2.15. The highest BCUT2D eigenvalue weighted by Gasteiger charge is 2.36. The number of allylic oxidation sites excluding steroid dienone is 1. The van der Waals surface area contributed by atoms with Gasteiger partial charge in [-0.1, -0.05) is 129 Å². The van der Waals surface area contributed by atoms with Crippen LogP contribution >= 0.6 is 0 Å². The molecule has 226 valence electrons. The van der Waals surface area contributed by atoms with Gasteiger partial charge in [-0.05, 0) is 75.4 Å². The summed E-state index contributed by atoms with van der Waals surface area (Å²) in [6.07, 6.45) is 2.06. The number of nitrogens with zero attached hydrogens (tertiary/aromatic N) is 3. The first-order chi connectivity index (χ1) is 23.0. The molecule has 1 atom stereocenters. The summed E-state index contributed by atoms with van der Waals surface area (Å²) in [5.41, 5.74) is 14.7. The largest absolute Gasteiger partial charge is 0.349 e. The van der Waals surface area contributed by atoms with Gasteiger partial charge in [0.2, 0.25) is 0 Å². The van der Waals surface area contributed by atoms with Gasteiger partial charge >= 0.3 is 0 Å². The van der Waals surface area contributed by atoms with Crippen LogP contribution in [0.4, 0.5) is 0 Å². The summed E-state index contributed by atoms with van der Waals surface area (Å²) in [4.78, 5) is 7.60. The zero-order chi connectivity index (χ0) is 31.7. The molecule has 0 fully saturated rings. The average Bonchev–Trinajstić information content (AvgIpc) is 3.56. The van der Waals surface area contributed by atoms with E-state index in [0.29, 0.717) is 0 Å². The lowest BCUT2D eigenvalue weighted by molar-refractivity contribution is 0.364. The standard InChI is InChI=1S/C44H35N3/c1-44(2)37-20-12-10-18-33(37)35-26-36-34-19-11-13-21-40(34)47(42(36)27-38(35)44)32-24-22-31(23-25-32)43-45-39(29-14-6-4-7-15-29)28-41(46(43)3)30-16-8-5-9-17-30/h4-28,43H,1-3H3. The molecule has 2 heterocycles. The predicted molar refractivity (Wildman–Crippen MR) is 196 cm³/mol. The Bertz CT molecular complexity index is 2380.